The smallest absolute Gasteiger partial charge is 0.155 e. The third kappa shape index (κ3) is 1.94. The minimum atomic E-state index is -0.406. The van der Waals surface area contributed by atoms with E-state index in [-0.39, 0.29) is 11.4 Å². The summed E-state index contributed by atoms with van der Waals surface area (Å²) >= 11 is 0. The average molecular weight is 182 g/mol. The predicted octanol–water partition coefficient (Wildman–Crippen LogP) is 0.218. The number of amidine groups is 1. The fourth-order valence-corrected chi connectivity index (χ4v) is 1.08. The lowest BCUT2D eigenvalue weighted by Crippen LogP contribution is -2.24. The van der Waals surface area contributed by atoms with Crippen LogP contribution in [0, 0.1) is 12.7 Å². The van der Waals surface area contributed by atoms with Crippen LogP contribution in [-0.2, 0) is 0 Å². The Bertz CT molecular complexity index is 315. The highest BCUT2D eigenvalue weighted by Gasteiger charge is 2.08. The van der Waals surface area contributed by atoms with Gasteiger partial charge in [-0.1, -0.05) is 12.1 Å². The number of nitrogens with zero attached hydrogens (tertiary/aromatic N) is 1. The van der Waals surface area contributed by atoms with Crippen LogP contribution in [0.3, 0.4) is 0 Å². The van der Waals surface area contributed by atoms with Gasteiger partial charge in [0.05, 0.1) is 5.56 Å². The molecule has 0 aliphatic heterocycles. The van der Waals surface area contributed by atoms with Crippen molar-refractivity contribution in [1.29, 1.82) is 0 Å². The normalized spacial score (nSPS) is 11.5. The number of nitrogens with two attached hydrogens (primary N) is 2. The van der Waals surface area contributed by atoms with Crippen molar-refractivity contribution in [1.82, 2.24) is 5.53 Å². The van der Waals surface area contributed by atoms with Crippen LogP contribution in [0.25, 0.3) is 0 Å². The summed E-state index contributed by atoms with van der Waals surface area (Å²) in [5.74, 6) is 4.56. The van der Waals surface area contributed by atoms with Gasteiger partial charge in [0.2, 0.25) is 0 Å². The van der Waals surface area contributed by atoms with E-state index in [4.69, 9.17) is 11.6 Å². The zero-order valence-electron chi connectivity index (χ0n) is 7.21. The van der Waals surface area contributed by atoms with Gasteiger partial charge >= 0.3 is 0 Å². The molecule has 70 valence electrons. The number of halogens is 1. The van der Waals surface area contributed by atoms with Crippen molar-refractivity contribution in [3.8, 4) is 0 Å². The molecule has 4 nitrogen and oxygen atoms in total. The Morgan fingerprint density at radius 3 is 2.77 bits per heavy atom. The van der Waals surface area contributed by atoms with E-state index in [1.807, 2.05) is 5.53 Å². The van der Waals surface area contributed by atoms with Gasteiger partial charge in [-0.15, -0.1) is 5.10 Å². The van der Waals surface area contributed by atoms with Crippen LogP contribution in [0.1, 0.15) is 11.1 Å². The molecular formula is C8H11FN4. The second-order valence-corrected chi connectivity index (χ2v) is 2.56. The average Bonchev–Trinajstić information content (AvgIpc) is 2.04. The van der Waals surface area contributed by atoms with Crippen molar-refractivity contribution in [2.75, 3.05) is 0 Å². The highest BCUT2D eigenvalue weighted by atomic mass is 19.1. The van der Waals surface area contributed by atoms with E-state index in [2.05, 4.69) is 5.10 Å². The van der Waals surface area contributed by atoms with Crippen LogP contribution in [0.5, 0.6) is 0 Å². The van der Waals surface area contributed by atoms with E-state index < -0.39 is 5.82 Å². The van der Waals surface area contributed by atoms with Gasteiger partial charge in [-0.05, 0) is 18.6 Å². The summed E-state index contributed by atoms with van der Waals surface area (Å²) in [6.07, 6.45) is 0. The van der Waals surface area contributed by atoms with Gasteiger partial charge in [0, 0.05) is 0 Å². The molecule has 5 N–H and O–H groups in total. The maximum absolute atomic E-state index is 13.2. The first-order valence-electron chi connectivity index (χ1n) is 3.71. The van der Waals surface area contributed by atoms with E-state index in [1.54, 1.807) is 19.1 Å². The van der Waals surface area contributed by atoms with E-state index >= 15 is 0 Å². The van der Waals surface area contributed by atoms with Crippen molar-refractivity contribution in [3.05, 3.63) is 35.1 Å². The standard InChI is InChI=1S/C8H11FN4/c1-5-3-2-4-6(9)7(5)8(10)12-13-11/h2-4,13H,11H2,1H3,(H2,10,12). The highest BCUT2D eigenvalue weighted by molar-refractivity contribution is 5.98. The summed E-state index contributed by atoms with van der Waals surface area (Å²) < 4.78 is 13.2. The predicted molar refractivity (Wildman–Crippen MR) is 49.2 cm³/mol. The number of hydrogen-bond donors (Lipinski definition) is 3. The van der Waals surface area contributed by atoms with Gasteiger partial charge in [-0.3, -0.25) is 0 Å². The number of hydrogen-bond acceptors (Lipinski definition) is 3. The molecule has 5 heteroatoms. The third-order valence-corrected chi connectivity index (χ3v) is 1.66. The van der Waals surface area contributed by atoms with Gasteiger partial charge in [-0.25, -0.2) is 15.8 Å². The van der Waals surface area contributed by atoms with Gasteiger partial charge in [0.25, 0.3) is 0 Å². The minimum Gasteiger partial charge on any atom is -0.382 e. The molecule has 0 heterocycles. The van der Waals surface area contributed by atoms with Crippen LogP contribution in [0.2, 0.25) is 0 Å². The quantitative estimate of drug-likeness (QED) is 0.265. The summed E-state index contributed by atoms with van der Waals surface area (Å²) in [6.45, 7) is 1.75. The second kappa shape index (κ2) is 3.86. The molecule has 0 saturated heterocycles. The van der Waals surface area contributed by atoms with Gasteiger partial charge < -0.3 is 5.73 Å². The molecule has 0 amide bonds. The van der Waals surface area contributed by atoms with Crippen LogP contribution in [-0.4, -0.2) is 5.84 Å². The highest BCUT2D eigenvalue weighted by Crippen LogP contribution is 2.11. The number of hydrazine groups is 1. The SMILES string of the molecule is Cc1cccc(F)c1/C(N)=N/NN. The van der Waals surface area contributed by atoms with E-state index in [0.717, 1.165) is 5.56 Å². The molecule has 1 rings (SSSR count). The summed E-state index contributed by atoms with van der Waals surface area (Å²) in [7, 11) is 0. The lowest BCUT2D eigenvalue weighted by Gasteiger charge is -2.05. The second-order valence-electron chi connectivity index (χ2n) is 2.56. The van der Waals surface area contributed by atoms with Crippen LogP contribution >= 0.6 is 0 Å². The molecule has 0 saturated carbocycles. The monoisotopic (exact) mass is 182 g/mol. The van der Waals surface area contributed by atoms with Crippen molar-refractivity contribution in [2.45, 2.75) is 6.92 Å². The Balaban J connectivity index is 3.20. The maximum atomic E-state index is 13.2. The van der Waals surface area contributed by atoms with E-state index in [9.17, 15) is 4.39 Å². The number of rotatable bonds is 2. The molecule has 1 aromatic carbocycles. The molecule has 0 aliphatic rings. The first-order chi connectivity index (χ1) is 6.16. The van der Waals surface area contributed by atoms with Crippen LogP contribution < -0.4 is 17.1 Å². The Hall–Kier alpha value is -1.62. The maximum Gasteiger partial charge on any atom is 0.155 e. The Morgan fingerprint density at radius 1 is 1.54 bits per heavy atom. The van der Waals surface area contributed by atoms with Gasteiger partial charge in [0.1, 0.15) is 5.82 Å². The van der Waals surface area contributed by atoms with E-state index in [0.29, 0.717) is 0 Å². The fourth-order valence-electron chi connectivity index (χ4n) is 1.08. The first kappa shape index (κ1) is 9.47. The third-order valence-electron chi connectivity index (χ3n) is 1.66. The molecule has 0 radical (unpaired) electrons. The zero-order chi connectivity index (χ0) is 9.84. The molecule has 0 fully saturated rings. The van der Waals surface area contributed by atoms with Crippen LogP contribution in [0.15, 0.2) is 23.3 Å². The largest absolute Gasteiger partial charge is 0.382 e. The number of nitrogens with one attached hydrogen (secondary N) is 1. The van der Waals surface area contributed by atoms with Gasteiger partial charge in [0.15, 0.2) is 5.84 Å². The zero-order valence-corrected chi connectivity index (χ0v) is 7.21. The molecule has 0 aliphatic carbocycles. The summed E-state index contributed by atoms with van der Waals surface area (Å²) in [4.78, 5) is 0. The summed E-state index contributed by atoms with van der Waals surface area (Å²) in [5.41, 5.74) is 8.49. The molecule has 13 heavy (non-hydrogen) atoms. The van der Waals surface area contributed by atoms with Crippen molar-refractivity contribution >= 4 is 5.84 Å². The Kier molecular flexibility index (Phi) is 2.81. The molecule has 0 spiro atoms. The van der Waals surface area contributed by atoms with Crippen molar-refractivity contribution in [2.24, 2.45) is 16.7 Å². The number of hydrazone groups is 1. The molecule has 0 bridgehead atoms. The summed E-state index contributed by atoms with van der Waals surface area (Å²) in [5, 5.41) is 3.50. The van der Waals surface area contributed by atoms with Crippen molar-refractivity contribution < 1.29 is 4.39 Å². The van der Waals surface area contributed by atoms with E-state index in [1.165, 1.54) is 6.07 Å². The number of aryl methyl sites for hydroxylation is 1. The lowest BCUT2D eigenvalue weighted by atomic mass is 10.1. The molecular weight excluding hydrogens is 171 g/mol. The molecule has 0 unspecified atom stereocenters. The fraction of sp³-hybridized carbons (Fsp3) is 0.125. The molecule has 0 atom stereocenters. The number of benzene rings is 1. The van der Waals surface area contributed by atoms with Crippen LogP contribution in [0.4, 0.5) is 4.39 Å². The van der Waals surface area contributed by atoms with Gasteiger partial charge in [-0.2, -0.15) is 0 Å². The minimum absolute atomic E-state index is 0.0399. The summed E-state index contributed by atoms with van der Waals surface area (Å²) in [6, 6.07) is 4.68. The lowest BCUT2D eigenvalue weighted by molar-refractivity contribution is 0.623. The molecule has 1 aromatic rings. The Morgan fingerprint density at radius 2 is 2.23 bits per heavy atom. The first-order valence-corrected chi connectivity index (χ1v) is 3.71. The topological polar surface area (TPSA) is 76.4 Å². The van der Waals surface area contributed by atoms with Crippen molar-refractivity contribution in [3.63, 3.8) is 0 Å². The molecule has 0 aromatic heterocycles. The Labute approximate surface area is 75.4 Å².